The Balaban J connectivity index is 2.45. The molecule has 2 nitrogen and oxygen atoms in total. The van der Waals surface area contributed by atoms with Crippen LogP contribution in [0.15, 0.2) is 18.2 Å². The second-order valence-electron chi connectivity index (χ2n) is 6.28. The molecule has 0 aliphatic rings. The van der Waals surface area contributed by atoms with Crippen LogP contribution in [0.4, 0.5) is 0 Å². The first kappa shape index (κ1) is 15.2. The van der Waals surface area contributed by atoms with Gasteiger partial charge < -0.3 is 10.6 Å². The second kappa shape index (κ2) is 6.35. The maximum absolute atomic E-state index is 3.59. The highest BCUT2D eigenvalue weighted by atomic mass is 15.0. The standard InChI is InChI=1S/C16H28N2/c1-12-8-7-9-13(2)15(12)11-17-14(3)10-18-16(4,5)6/h7-9,14,17-18H,10-11H2,1-6H3. The molecular formula is C16H28N2. The van der Waals surface area contributed by atoms with Gasteiger partial charge in [0, 0.05) is 24.7 Å². The van der Waals surface area contributed by atoms with Crippen LogP contribution >= 0.6 is 0 Å². The molecular weight excluding hydrogens is 220 g/mol. The summed E-state index contributed by atoms with van der Waals surface area (Å²) in [5.74, 6) is 0. The third-order valence-corrected chi connectivity index (χ3v) is 3.21. The van der Waals surface area contributed by atoms with E-state index in [1.807, 2.05) is 0 Å². The molecule has 0 saturated heterocycles. The fourth-order valence-corrected chi connectivity index (χ4v) is 1.94. The van der Waals surface area contributed by atoms with E-state index in [0.717, 1.165) is 13.1 Å². The van der Waals surface area contributed by atoms with Crippen LogP contribution in [0.25, 0.3) is 0 Å². The minimum Gasteiger partial charge on any atom is -0.311 e. The lowest BCUT2D eigenvalue weighted by molar-refractivity contribution is 0.387. The lowest BCUT2D eigenvalue weighted by Crippen LogP contribution is -2.44. The lowest BCUT2D eigenvalue weighted by atomic mass is 10.0. The second-order valence-corrected chi connectivity index (χ2v) is 6.28. The predicted octanol–water partition coefficient (Wildman–Crippen LogP) is 3.17. The van der Waals surface area contributed by atoms with Crippen molar-refractivity contribution in [3.8, 4) is 0 Å². The Morgan fingerprint density at radius 2 is 1.67 bits per heavy atom. The number of hydrogen-bond donors (Lipinski definition) is 2. The Morgan fingerprint density at radius 1 is 1.11 bits per heavy atom. The van der Waals surface area contributed by atoms with Crippen molar-refractivity contribution in [1.82, 2.24) is 10.6 Å². The largest absolute Gasteiger partial charge is 0.311 e. The van der Waals surface area contributed by atoms with E-state index in [9.17, 15) is 0 Å². The molecule has 0 aromatic heterocycles. The Kier molecular flexibility index (Phi) is 5.36. The number of nitrogens with one attached hydrogen (secondary N) is 2. The van der Waals surface area contributed by atoms with Crippen molar-refractivity contribution in [2.45, 2.75) is 59.7 Å². The first-order valence-electron chi connectivity index (χ1n) is 6.83. The summed E-state index contributed by atoms with van der Waals surface area (Å²) < 4.78 is 0. The van der Waals surface area contributed by atoms with Crippen molar-refractivity contribution >= 4 is 0 Å². The van der Waals surface area contributed by atoms with E-state index in [4.69, 9.17) is 0 Å². The summed E-state index contributed by atoms with van der Waals surface area (Å²) >= 11 is 0. The molecule has 1 aromatic rings. The summed E-state index contributed by atoms with van der Waals surface area (Å²) in [4.78, 5) is 0. The molecule has 0 radical (unpaired) electrons. The van der Waals surface area contributed by atoms with E-state index >= 15 is 0 Å². The summed E-state index contributed by atoms with van der Waals surface area (Å²) in [6.07, 6.45) is 0. The monoisotopic (exact) mass is 248 g/mol. The van der Waals surface area contributed by atoms with Gasteiger partial charge in [-0.05, 0) is 58.2 Å². The van der Waals surface area contributed by atoms with E-state index in [-0.39, 0.29) is 5.54 Å². The van der Waals surface area contributed by atoms with E-state index < -0.39 is 0 Å². The third-order valence-electron chi connectivity index (χ3n) is 3.21. The van der Waals surface area contributed by atoms with Crippen LogP contribution in [0.3, 0.4) is 0 Å². The van der Waals surface area contributed by atoms with Crippen LogP contribution in [0, 0.1) is 13.8 Å². The van der Waals surface area contributed by atoms with Gasteiger partial charge in [-0.3, -0.25) is 0 Å². The Labute approximate surface area is 112 Å². The van der Waals surface area contributed by atoms with Crippen molar-refractivity contribution < 1.29 is 0 Å². The molecule has 0 amide bonds. The fourth-order valence-electron chi connectivity index (χ4n) is 1.94. The summed E-state index contributed by atoms with van der Waals surface area (Å²) in [5, 5.41) is 7.12. The normalized spacial score (nSPS) is 13.7. The zero-order valence-corrected chi connectivity index (χ0v) is 12.7. The van der Waals surface area contributed by atoms with Crippen LogP contribution in [0.1, 0.15) is 44.4 Å². The average Bonchev–Trinajstić information content (AvgIpc) is 2.25. The van der Waals surface area contributed by atoms with Gasteiger partial charge in [-0.15, -0.1) is 0 Å². The van der Waals surface area contributed by atoms with Gasteiger partial charge in [0.25, 0.3) is 0 Å². The van der Waals surface area contributed by atoms with Crippen LogP contribution in [0.5, 0.6) is 0 Å². The zero-order chi connectivity index (χ0) is 13.8. The zero-order valence-electron chi connectivity index (χ0n) is 12.7. The third kappa shape index (κ3) is 5.19. The van der Waals surface area contributed by atoms with Crippen molar-refractivity contribution in [2.24, 2.45) is 0 Å². The van der Waals surface area contributed by atoms with Gasteiger partial charge in [-0.1, -0.05) is 18.2 Å². The summed E-state index contributed by atoms with van der Waals surface area (Å²) in [6, 6.07) is 6.96. The van der Waals surface area contributed by atoms with Gasteiger partial charge in [-0.2, -0.15) is 0 Å². The highest BCUT2D eigenvalue weighted by Crippen LogP contribution is 2.12. The number of hydrogen-bond acceptors (Lipinski definition) is 2. The quantitative estimate of drug-likeness (QED) is 0.836. The molecule has 0 fully saturated rings. The summed E-state index contributed by atoms with van der Waals surface area (Å²) in [7, 11) is 0. The van der Waals surface area contributed by atoms with Gasteiger partial charge >= 0.3 is 0 Å². The summed E-state index contributed by atoms with van der Waals surface area (Å²) in [6.45, 7) is 15.1. The number of benzene rings is 1. The molecule has 102 valence electrons. The molecule has 1 rings (SSSR count). The Morgan fingerprint density at radius 3 is 2.17 bits per heavy atom. The highest BCUT2D eigenvalue weighted by Gasteiger charge is 2.11. The molecule has 2 heteroatoms. The fraction of sp³-hybridized carbons (Fsp3) is 0.625. The minimum absolute atomic E-state index is 0.189. The molecule has 2 N–H and O–H groups in total. The molecule has 0 aliphatic heterocycles. The maximum atomic E-state index is 3.59. The lowest BCUT2D eigenvalue weighted by Gasteiger charge is -2.24. The SMILES string of the molecule is Cc1cccc(C)c1CNC(C)CNC(C)(C)C. The molecule has 0 saturated carbocycles. The van der Waals surface area contributed by atoms with Crippen molar-refractivity contribution in [3.63, 3.8) is 0 Å². The van der Waals surface area contributed by atoms with E-state index in [1.54, 1.807) is 0 Å². The average molecular weight is 248 g/mol. The van der Waals surface area contributed by atoms with Crippen LogP contribution in [-0.2, 0) is 6.54 Å². The van der Waals surface area contributed by atoms with E-state index in [2.05, 4.69) is 70.4 Å². The minimum atomic E-state index is 0.189. The molecule has 18 heavy (non-hydrogen) atoms. The van der Waals surface area contributed by atoms with Crippen molar-refractivity contribution in [1.29, 1.82) is 0 Å². The molecule has 1 unspecified atom stereocenters. The van der Waals surface area contributed by atoms with E-state index in [1.165, 1.54) is 16.7 Å². The first-order chi connectivity index (χ1) is 8.29. The van der Waals surface area contributed by atoms with Gasteiger partial charge in [0.2, 0.25) is 0 Å². The van der Waals surface area contributed by atoms with Crippen LogP contribution in [0.2, 0.25) is 0 Å². The van der Waals surface area contributed by atoms with E-state index in [0.29, 0.717) is 6.04 Å². The Hall–Kier alpha value is -0.860. The molecule has 0 spiro atoms. The predicted molar refractivity (Wildman–Crippen MR) is 80.0 cm³/mol. The van der Waals surface area contributed by atoms with Crippen molar-refractivity contribution in [3.05, 3.63) is 34.9 Å². The van der Waals surface area contributed by atoms with Crippen LogP contribution in [-0.4, -0.2) is 18.1 Å². The molecule has 0 aliphatic carbocycles. The van der Waals surface area contributed by atoms with Gasteiger partial charge in [0.1, 0.15) is 0 Å². The summed E-state index contributed by atoms with van der Waals surface area (Å²) in [5.41, 5.74) is 4.37. The molecule has 1 atom stereocenters. The topological polar surface area (TPSA) is 24.1 Å². The molecule has 0 bridgehead atoms. The Bertz CT molecular complexity index is 357. The molecule has 1 aromatic carbocycles. The number of rotatable bonds is 5. The maximum Gasteiger partial charge on any atom is 0.0213 e. The highest BCUT2D eigenvalue weighted by molar-refractivity contribution is 5.33. The van der Waals surface area contributed by atoms with Gasteiger partial charge in [0.15, 0.2) is 0 Å². The van der Waals surface area contributed by atoms with Crippen molar-refractivity contribution in [2.75, 3.05) is 6.54 Å². The number of aryl methyl sites for hydroxylation is 2. The molecule has 0 heterocycles. The van der Waals surface area contributed by atoms with Crippen LogP contribution < -0.4 is 10.6 Å². The van der Waals surface area contributed by atoms with Gasteiger partial charge in [-0.25, -0.2) is 0 Å². The smallest absolute Gasteiger partial charge is 0.0213 e. The van der Waals surface area contributed by atoms with Gasteiger partial charge in [0.05, 0.1) is 0 Å². The first-order valence-corrected chi connectivity index (χ1v) is 6.83.